The Morgan fingerprint density at radius 2 is 2.00 bits per heavy atom. The first-order valence-electron chi connectivity index (χ1n) is 8.90. The molecule has 0 saturated heterocycles. The highest BCUT2D eigenvalue weighted by molar-refractivity contribution is 6.28. The molecule has 1 aliphatic heterocycles. The lowest BCUT2D eigenvalue weighted by Gasteiger charge is -2.39. The van der Waals surface area contributed by atoms with Crippen LogP contribution in [-0.4, -0.2) is 31.3 Å². The Morgan fingerprint density at radius 3 is 2.75 bits per heavy atom. The topological polar surface area (TPSA) is 59.7 Å². The van der Waals surface area contributed by atoms with Gasteiger partial charge in [-0.1, -0.05) is 26.2 Å². The molecule has 24 heavy (non-hydrogen) atoms. The van der Waals surface area contributed by atoms with Crippen LogP contribution in [0.3, 0.4) is 0 Å². The number of rotatable bonds is 3. The molecule has 1 saturated carbocycles. The molecular weight excluding hydrogens is 324 g/mol. The van der Waals surface area contributed by atoms with Gasteiger partial charge in [-0.2, -0.15) is 4.98 Å². The maximum absolute atomic E-state index is 6.13. The summed E-state index contributed by atoms with van der Waals surface area (Å²) in [5.41, 5.74) is 0.942. The zero-order chi connectivity index (χ0) is 16.7. The van der Waals surface area contributed by atoms with Gasteiger partial charge < -0.3 is 4.90 Å². The highest BCUT2D eigenvalue weighted by atomic mass is 35.5. The molecule has 0 aromatic carbocycles. The van der Waals surface area contributed by atoms with E-state index in [1.165, 1.54) is 32.1 Å². The van der Waals surface area contributed by atoms with Gasteiger partial charge in [-0.25, -0.2) is 4.98 Å². The van der Waals surface area contributed by atoms with Crippen LogP contribution in [0.25, 0.3) is 5.69 Å². The first kappa shape index (κ1) is 15.8. The van der Waals surface area contributed by atoms with E-state index < -0.39 is 0 Å². The third-order valence-electron chi connectivity index (χ3n) is 5.32. The van der Waals surface area contributed by atoms with Crippen molar-refractivity contribution in [2.24, 2.45) is 5.92 Å². The Kier molecular flexibility index (Phi) is 4.16. The van der Waals surface area contributed by atoms with Crippen molar-refractivity contribution in [1.29, 1.82) is 0 Å². The first-order valence-corrected chi connectivity index (χ1v) is 9.28. The fraction of sp³-hybridized carbons (Fsp3) is 0.647. The molecule has 6 nitrogen and oxygen atoms in total. The van der Waals surface area contributed by atoms with Crippen LogP contribution in [0.5, 0.6) is 0 Å². The first-order chi connectivity index (χ1) is 11.7. The van der Waals surface area contributed by atoms with E-state index in [9.17, 15) is 0 Å². The zero-order valence-electron chi connectivity index (χ0n) is 14.2. The van der Waals surface area contributed by atoms with Crippen LogP contribution in [0, 0.1) is 12.8 Å². The van der Waals surface area contributed by atoms with Gasteiger partial charge in [0.2, 0.25) is 5.28 Å². The molecule has 0 amide bonds. The van der Waals surface area contributed by atoms with E-state index in [1.54, 1.807) is 6.20 Å². The van der Waals surface area contributed by atoms with Gasteiger partial charge in [0.25, 0.3) is 0 Å². The Labute approximate surface area is 147 Å². The molecule has 0 bridgehead atoms. The van der Waals surface area contributed by atoms with E-state index in [1.807, 2.05) is 6.92 Å². The third-order valence-corrected chi connectivity index (χ3v) is 5.51. The van der Waals surface area contributed by atoms with Gasteiger partial charge in [-0.05, 0) is 43.7 Å². The smallest absolute Gasteiger partial charge is 0.224 e. The number of aromatic nitrogens is 5. The predicted octanol–water partition coefficient (Wildman–Crippen LogP) is 3.87. The van der Waals surface area contributed by atoms with E-state index >= 15 is 0 Å². The molecule has 4 rings (SSSR count). The average molecular weight is 347 g/mol. The number of nitrogens with zero attached hydrogens (tertiary/aromatic N) is 6. The summed E-state index contributed by atoms with van der Waals surface area (Å²) in [5, 5.41) is 9.05. The fourth-order valence-electron chi connectivity index (χ4n) is 4.16. The molecule has 2 aliphatic rings. The van der Waals surface area contributed by atoms with Gasteiger partial charge in [0.05, 0.1) is 12.2 Å². The van der Waals surface area contributed by atoms with E-state index in [-0.39, 0.29) is 6.04 Å². The van der Waals surface area contributed by atoms with Gasteiger partial charge in [0, 0.05) is 6.54 Å². The molecule has 1 aliphatic carbocycles. The van der Waals surface area contributed by atoms with Crippen LogP contribution in [0.15, 0.2) is 6.20 Å². The number of hydrogen-bond donors (Lipinski definition) is 0. The predicted molar refractivity (Wildman–Crippen MR) is 93.6 cm³/mol. The minimum atomic E-state index is 0.187. The summed E-state index contributed by atoms with van der Waals surface area (Å²) >= 11 is 6.13. The van der Waals surface area contributed by atoms with Crippen LogP contribution in [0.2, 0.25) is 5.28 Å². The van der Waals surface area contributed by atoms with E-state index in [0.29, 0.717) is 11.2 Å². The monoisotopic (exact) mass is 346 g/mol. The molecule has 7 heteroatoms. The minimum Gasteiger partial charge on any atom is -0.344 e. The van der Waals surface area contributed by atoms with Crippen molar-refractivity contribution in [1.82, 2.24) is 24.7 Å². The van der Waals surface area contributed by atoms with Crippen molar-refractivity contribution < 1.29 is 0 Å². The van der Waals surface area contributed by atoms with Gasteiger partial charge in [-0.3, -0.25) is 4.57 Å². The summed E-state index contributed by atoms with van der Waals surface area (Å²) in [6.07, 6.45) is 9.39. The van der Waals surface area contributed by atoms with E-state index in [2.05, 4.69) is 36.6 Å². The fourth-order valence-corrected chi connectivity index (χ4v) is 4.29. The average Bonchev–Trinajstić information content (AvgIpc) is 2.98. The highest BCUT2D eigenvalue weighted by Gasteiger charge is 2.35. The van der Waals surface area contributed by atoms with Crippen LogP contribution in [0.1, 0.15) is 63.1 Å². The molecule has 0 radical (unpaired) electrons. The lowest BCUT2D eigenvalue weighted by molar-refractivity contribution is 0.343. The van der Waals surface area contributed by atoms with Crippen molar-refractivity contribution in [3.8, 4) is 5.69 Å². The normalized spacial score (nSPS) is 20.8. The lowest BCUT2D eigenvalue weighted by Crippen LogP contribution is -2.39. The molecule has 128 valence electrons. The van der Waals surface area contributed by atoms with E-state index in [0.717, 1.165) is 36.1 Å². The SMILES string of the molecule is CC[C@@H]1c2nnc(C)n2-c2cnc(Cl)nc2N1CC1CCCCC1. The Morgan fingerprint density at radius 1 is 1.21 bits per heavy atom. The maximum Gasteiger partial charge on any atom is 0.224 e. The molecule has 2 aromatic rings. The number of aryl methyl sites for hydroxylation is 1. The molecular formula is C17H23ClN6. The summed E-state index contributed by atoms with van der Waals surface area (Å²) in [6.45, 7) is 5.17. The van der Waals surface area contributed by atoms with Crippen molar-refractivity contribution >= 4 is 17.4 Å². The zero-order valence-corrected chi connectivity index (χ0v) is 15.0. The largest absolute Gasteiger partial charge is 0.344 e. The maximum atomic E-state index is 6.13. The Hall–Kier alpha value is -1.69. The Balaban J connectivity index is 1.79. The molecule has 0 spiro atoms. The number of hydrogen-bond acceptors (Lipinski definition) is 5. The van der Waals surface area contributed by atoms with E-state index in [4.69, 9.17) is 11.6 Å². The van der Waals surface area contributed by atoms with Crippen LogP contribution in [0.4, 0.5) is 5.82 Å². The molecule has 3 heterocycles. The lowest BCUT2D eigenvalue weighted by atomic mass is 9.88. The summed E-state index contributed by atoms with van der Waals surface area (Å²) in [7, 11) is 0. The number of halogens is 1. The highest BCUT2D eigenvalue weighted by Crippen LogP contribution is 2.40. The van der Waals surface area contributed by atoms with Crippen molar-refractivity contribution in [2.75, 3.05) is 11.4 Å². The van der Waals surface area contributed by atoms with Crippen molar-refractivity contribution in [3.05, 3.63) is 23.1 Å². The molecule has 1 atom stereocenters. The van der Waals surface area contributed by atoms with Gasteiger partial charge in [0.15, 0.2) is 11.6 Å². The Bertz CT molecular complexity index is 737. The van der Waals surface area contributed by atoms with Crippen molar-refractivity contribution in [3.63, 3.8) is 0 Å². The van der Waals surface area contributed by atoms with Crippen LogP contribution in [-0.2, 0) is 0 Å². The standard InChI is InChI=1S/C17H23ClN6/c1-3-13-16-22-21-11(2)24(16)14-9-19-17(18)20-15(14)23(13)10-12-7-5-4-6-8-12/h9,12-13H,3-8,10H2,1-2H3/t13-/m1/s1. The summed E-state index contributed by atoms with van der Waals surface area (Å²) < 4.78 is 2.08. The van der Waals surface area contributed by atoms with Crippen LogP contribution < -0.4 is 4.90 Å². The molecule has 2 aromatic heterocycles. The molecule has 1 fully saturated rings. The van der Waals surface area contributed by atoms with Crippen LogP contribution >= 0.6 is 11.6 Å². The quantitative estimate of drug-likeness (QED) is 0.789. The second-order valence-corrected chi connectivity index (χ2v) is 7.21. The minimum absolute atomic E-state index is 0.187. The second-order valence-electron chi connectivity index (χ2n) is 6.87. The number of fused-ring (bicyclic) bond motifs is 3. The summed E-state index contributed by atoms with van der Waals surface area (Å²) in [6, 6.07) is 0.187. The number of anilines is 1. The molecule has 0 N–H and O–H groups in total. The summed E-state index contributed by atoms with van der Waals surface area (Å²) in [4.78, 5) is 11.2. The van der Waals surface area contributed by atoms with Gasteiger partial charge in [-0.15, -0.1) is 10.2 Å². The van der Waals surface area contributed by atoms with Gasteiger partial charge in [0.1, 0.15) is 11.5 Å². The third kappa shape index (κ3) is 2.57. The molecule has 0 unspecified atom stereocenters. The summed E-state index contributed by atoms with van der Waals surface area (Å²) in [5.74, 6) is 3.49. The second kappa shape index (κ2) is 6.31. The van der Waals surface area contributed by atoms with Gasteiger partial charge >= 0.3 is 0 Å². The van der Waals surface area contributed by atoms with Crippen molar-refractivity contribution in [2.45, 2.75) is 58.4 Å².